The summed E-state index contributed by atoms with van der Waals surface area (Å²) in [6.07, 6.45) is 0. The zero-order valence-corrected chi connectivity index (χ0v) is 39.4. The van der Waals surface area contributed by atoms with Crippen LogP contribution in [0.3, 0.4) is 0 Å². The zero-order valence-electron chi connectivity index (χ0n) is 37.4. The lowest BCUT2D eigenvalue weighted by Gasteiger charge is -2.46. The van der Waals surface area contributed by atoms with E-state index in [0.29, 0.717) is 0 Å². The molecule has 0 unspecified atom stereocenters. The zero-order chi connectivity index (χ0) is 45.1. The molecule has 322 valence electrons. The van der Waals surface area contributed by atoms with Crippen LogP contribution < -0.4 is 40.0 Å². The largest absolute Gasteiger partial charge is 0.530 e. The molecule has 0 aliphatic heterocycles. The first-order valence-electron chi connectivity index (χ1n) is 23.6. The Hall–Kier alpha value is -8.03. The van der Waals surface area contributed by atoms with E-state index in [0.717, 1.165) is 33.0 Å². The van der Waals surface area contributed by atoms with Gasteiger partial charge in [0.25, 0.3) is 0 Å². The van der Waals surface area contributed by atoms with Gasteiger partial charge in [0.1, 0.15) is 11.5 Å². The van der Waals surface area contributed by atoms with Crippen molar-refractivity contribution in [3.63, 3.8) is 0 Å². The van der Waals surface area contributed by atoms with E-state index in [2.05, 4.69) is 267 Å². The van der Waals surface area contributed by atoms with E-state index in [1.165, 1.54) is 64.5 Å². The topological polar surface area (TPSA) is 18.5 Å². The number of hydrogen-bond donors (Lipinski definition) is 0. The van der Waals surface area contributed by atoms with Crippen LogP contribution >= 0.6 is 0 Å². The highest BCUT2D eigenvalue weighted by atomic mass is 28.4. The summed E-state index contributed by atoms with van der Waals surface area (Å²) in [5.41, 5.74) is 7.68. The van der Waals surface area contributed by atoms with E-state index in [1.54, 1.807) is 0 Å². The average Bonchev–Trinajstić information content (AvgIpc) is 3.43. The molecule has 0 N–H and O–H groups in total. The summed E-state index contributed by atoms with van der Waals surface area (Å²) >= 11 is 0. The first-order chi connectivity index (χ1) is 33.7. The van der Waals surface area contributed by atoms with Crippen LogP contribution in [-0.2, 0) is 0 Å². The summed E-state index contributed by atoms with van der Waals surface area (Å²) in [6.45, 7) is 0. The van der Waals surface area contributed by atoms with Crippen molar-refractivity contribution in [3.8, 4) is 11.5 Å². The van der Waals surface area contributed by atoms with E-state index >= 15 is 0 Å². The molecule has 14 rings (SSSR count). The Bertz CT molecular complexity index is 3140. The summed E-state index contributed by atoms with van der Waals surface area (Å²) in [4.78, 5) is 0. The fourth-order valence-electron chi connectivity index (χ4n) is 11.7. The SMILES string of the molecule is c1ccc([Si](Oc2c3c(c(O[Si](c4ccccc4)(c4ccccc4)c4ccccc4)c4cc5ccccc5cc24)C2c4ccccc4C3c3ccccc32)(c2ccccc2)c2ccccc2)cc1. The van der Waals surface area contributed by atoms with Crippen molar-refractivity contribution in [3.05, 3.63) is 300 Å². The minimum atomic E-state index is -3.37. The van der Waals surface area contributed by atoms with Gasteiger partial charge in [-0.05, 0) is 76.3 Å². The van der Waals surface area contributed by atoms with Gasteiger partial charge < -0.3 is 8.85 Å². The molecule has 2 nitrogen and oxygen atoms in total. The van der Waals surface area contributed by atoms with Crippen molar-refractivity contribution >= 4 is 69.3 Å². The lowest BCUT2D eigenvalue weighted by atomic mass is 9.60. The highest BCUT2D eigenvalue weighted by molar-refractivity contribution is 7.08. The first kappa shape index (κ1) is 40.3. The van der Waals surface area contributed by atoms with Gasteiger partial charge in [-0.2, -0.15) is 0 Å². The van der Waals surface area contributed by atoms with Gasteiger partial charge in [0.15, 0.2) is 0 Å². The molecule has 0 fully saturated rings. The Morgan fingerprint density at radius 3 is 0.721 bits per heavy atom. The highest BCUT2D eigenvalue weighted by Gasteiger charge is 2.52. The van der Waals surface area contributed by atoms with Crippen molar-refractivity contribution < 1.29 is 8.85 Å². The molecule has 0 aromatic heterocycles. The summed E-state index contributed by atoms with van der Waals surface area (Å²) in [7, 11) is -6.75. The molecule has 0 spiro atoms. The number of fused-ring (bicyclic) bond motifs is 2. The van der Waals surface area contributed by atoms with E-state index in [4.69, 9.17) is 8.85 Å². The normalized spacial score (nSPS) is 14.8. The fourth-order valence-corrected chi connectivity index (χ4v) is 19.4. The third-order valence-corrected chi connectivity index (χ3v) is 22.5. The van der Waals surface area contributed by atoms with Gasteiger partial charge in [-0.25, -0.2) is 0 Å². The van der Waals surface area contributed by atoms with Crippen LogP contribution in [0.15, 0.2) is 267 Å². The maximum atomic E-state index is 8.54. The molecule has 4 heteroatoms. The standard InChI is InChI=1S/C64H46O2Si2/c1-7-27-47(28-8-1)67(48-29-9-2-10-30-48,49-31-11-3-12-32-49)65-63-57-43-45-25-19-20-26-46(45)44-58(57)64(62-60-55-41-23-21-39-53(55)59(61(62)63)54-40-22-24-42-56(54)60)66-68(50-33-13-4-14-34-50,51-35-15-5-16-36-51)52-37-17-6-18-38-52/h1-44,59-60H. The molecule has 11 aromatic rings. The average molecular weight is 903 g/mol. The van der Waals surface area contributed by atoms with E-state index in [9.17, 15) is 0 Å². The summed E-state index contributed by atoms with van der Waals surface area (Å²) in [5.74, 6) is 1.63. The molecule has 3 aliphatic rings. The Balaban J connectivity index is 1.22. The maximum Gasteiger partial charge on any atom is 0.346 e. The second kappa shape index (κ2) is 16.4. The molecule has 3 aliphatic carbocycles. The number of benzene rings is 11. The van der Waals surface area contributed by atoms with Gasteiger partial charge in [0, 0.05) is 33.7 Å². The van der Waals surface area contributed by atoms with E-state index in [-0.39, 0.29) is 11.8 Å². The summed E-state index contributed by atoms with van der Waals surface area (Å²) in [5, 5.41) is 11.5. The van der Waals surface area contributed by atoms with Gasteiger partial charge in [0.05, 0.1) is 0 Å². The molecule has 0 saturated carbocycles. The monoisotopic (exact) mass is 902 g/mol. The quantitative estimate of drug-likeness (QED) is 0.0773. The van der Waals surface area contributed by atoms with Crippen molar-refractivity contribution in [2.75, 3.05) is 0 Å². The van der Waals surface area contributed by atoms with Crippen LogP contribution in [0.1, 0.15) is 45.2 Å². The van der Waals surface area contributed by atoms with E-state index < -0.39 is 16.6 Å². The van der Waals surface area contributed by atoms with Crippen molar-refractivity contribution in [2.45, 2.75) is 11.8 Å². The number of rotatable bonds is 10. The molecule has 2 bridgehead atoms. The number of hydrogen-bond acceptors (Lipinski definition) is 2. The predicted octanol–water partition coefficient (Wildman–Crippen LogP) is 11.1. The van der Waals surface area contributed by atoms with Gasteiger partial charge >= 0.3 is 16.6 Å². The van der Waals surface area contributed by atoms with E-state index in [1.807, 2.05) is 0 Å². The molecular formula is C64H46O2Si2. The summed E-state index contributed by atoms with van der Waals surface area (Å²) < 4.78 is 17.1. The van der Waals surface area contributed by atoms with Crippen molar-refractivity contribution in [1.82, 2.24) is 0 Å². The van der Waals surface area contributed by atoms with Crippen molar-refractivity contribution in [2.24, 2.45) is 0 Å². The van der Waals surface area contributed by atoms with Gasteiger partial charge in [-0.3, -0.25) is 0 Å². The van der Waals surface area contributed by atoms with Gasteiger partial charge in [-0.15, -0.1) is 0 Å². The maximum absolute atomic E-state index is 8.54. The lowest BCUT2D eigenvalue weighted by molar-refractivity contribution is 0.541. The van der Waals surface area contributed by atoms with Gasteiger partial charge in [0.2, 0.25) is 0 Å². The predicted molar refractivity (Wildman–Crippen MR) is 285 cm³/mol. The molecule has 0 amide bonds. The second-order valence-corrected chi connectivity index (χ2v) is 24.7. The molecule has 0 saturated heterocycles. The third kappa shape index (κ3) is 6.15. The highest BCUT2D eigenvalue weighted by Crippen LogP contribution is 2.62. The van der Waals surface area contributed by atoms with Crippen LogP contribution in [0.5, 0.6) is 11.5 Å². The molecule has 0 heterocycles. The minimum Gasteiger partial charge on any atom is -0.530 e. The minimum absolute atomic E-state index is 0.120. The molecular weight excluding hydrogens is 857 g/mol. The second-order valence-electron chi connectivity index (χ2n) is 18.1. The van der Waals surface area contributed by atoms with Crippen LogP contribution in [0.25, 0.3) is 21.5 Å². The Kier molecular flexibility index (Phi) is 9.70. The fraction of sp³-hybridized carbons (Fsp3) is 0.0312. The van der Waals surface area contributed by atoms with Crippen LogP contribution in [0, 0.1) is 0 Å². The third-order valence-electron chi connectivity index (χ3n) is 14.6. The summed E-state index contributed by atoms with van der Waals surface area (Å²) in [6, 6.07) is 97.9. The Morgan fingerprint density at radius 1 is 0.250 bits per heavy atom. The molecule has 68 heavy (non-hydrogen) atoms. The lowest BCUT2D eigenvalue weighted by Crippen LogP contribution is -2.72. The Labute approximate surface area is 399 Å². The molecule has 11 aromatic carbocycles. The molecule has 0 radical (unpaired) electrons. The van der Waals surface area contributed by atoms with Crippen LogP contribution in [0.2, 0.25) is 0 Å². The van der Waals surface area contributed by atoms with Gasteiger partial charge in [-0.1, -0.05) is 255 Å². The molecule has 0 atom stereocenters. The Morgan fingerprint density at radius 2 is 0.471 bits per heavy atom. The first-order valence-corrected chi connectivity index (χ1v) is 27.5. The van der Waals surface area contributed by atoms with Crippen molar-refractivity contribution in [1.29, 1.82) is 0 Å². The smallest absolute Gasteiger partial charge is 0.346 e. The van der Waals surface area contributed by atoms with Crippen LogP contribution in [0.4, 0.5) is 0 Å². The van der Waals surface area contributed by atoms with Crippen LogP contribution in [-0.4, -0.2) is 16.6 Å².